The standard InChI is InChI=1S/C20H21N3O5S.C11H24O/c1-11-22-15-6-7-16(27-3)17(18(15)29-11)20(25)23-14-5-4-12(28-9-8-26-2)10-13(14)19(21)24;1-6-10(3)11(4)7-9(2)8-12-5/h4-7,10H,8-9H2,1-3H3,(H2,21,24)(H,23,25);9-11H,6-8H2,1-5H3. The van der Waals surface area contributed by atoms with E-state index in [0.29, 0.717) is 46.4 Å². The number of hydrogen-bond acceptors (Lipinski definition) is 8. The molecule has 0 saturated carbocycles. The number of amides is 2. The molecule has 3 atom stereocenters. The van der Waals surface area contributed by atoms with Gasteiger partial charge in [-0.1, -0.05) is 34.1 Å². The topological polar surface area (TPSA) is 122 Å². The van der Waals surface area contributed by atoms with E-state index in [4.69, 9.17) is 24.7 Å². The van der Waals surface area contributed by atoms with Crippen LogP contribution in [0, 0.1) is 24.7 Å². The molecule has 0 aliphatic carbocycles. The summed E-state index contributed by atoms with van der Waals surface area (Å²) >= 11 is 1.40. The first-order valence-electron chi connectivity index (χ1n) is 13.9. The van der Waals surface area contributed by atoms with Gasteiger partial charge in [0.2, 0.25) is 0 Å². The van der Waals surface area contributed by atoms with Gasteiger partial charge in [-0.15, -0.1) is 11.3 Å². The van der Waals surface area contributed by atoms with Gasteiger partial charge in [0.25, 0.3) is 11.8 Å². The molecule has 0 fully saturated rings. The Balaban J connectivity index is 0.000000415. The molecule has 0 bridgehead atoms. The molecular formula is C31H45N3O6S. The minimum Gasteiger partial charge on any atom is -0.496 e. The number of aryl methyl sites for hydroxylation is 1. The highest BCUT2D eigenvalue weighted by Gasteiger charge is 2.21. The molecule has 3 N–H and O–H groups in total. The Bertz CT molecular complexity index is 1280. The SMILES string of the molecule is CCC(C)C(C)CC(C)COC.COCCOc1ccc(NC(=O)c2c(OC)ccc3nc(C)sc23)c(C(N)=O)c1. The Labute approximate surface area is 247 Å². The van der Waals surface area contributed by atoms with Gasteiger partial charge in [0.15, 0.2) is 0 Å². The predicted octanol–water partition coefficient (Wildman–Crippen LogP) is 6.33. The first kappa shape index (κ1) is 34.0. The van der Waals surface area contributed by atoms with Crippen LogP contribution in [0.4, 0.5) is 5.69 Å². The molecule has 3 aromatic rings. The van der Waals surface area contributed by atoms with E-state index in [1.165, 1.54) is 37.4 Å². The van der Waals surface area contributed by atoms with Crippen LogP contribution < -0.4 is 20.5 Å². The first-order chi connectivity index (χ1) is 19.6. The molecule has 3 unspecified atom stereocenters. The van der Waals surface area contributed by atoms with Crippen molar-refractivity contribution in [2.75, 3.05) is 46.5 Å². The van der Waals surface area contributed by atoms with Crippen LogP contribution in [0.2, 0.25) is 0 Å². The summed E-state index contributed by atoms with van der Waals surface area (Å²) in [6, 6.07) is 8.20. The smallest absolute Gasteiger partial charge is 0.260 e. The lowest BCUT2D eigenvalue weighted by molar-refractivity contribution is 0.100. The van der Waals surface area contributed by atoms with Gasteiger partial charge in [-0.25, -0.2) is 4.98 Å². The number of aromatic nitrogens is 1. The number of thiazole rings is 1. The van der Waals surface area contributed by atoms with Crippen molar-refractivity contribution in [2.45, 2.75) is 47.5 Å². The van der Waals surface area contributed by atoms with E-state index in [-0.39, 0.29) is 11.3 Å². The molecule has 0 spiro atoms. The van der Waals surface area contributed by atoms with E-state index in [0.717, 1.165) is 23.5 Å². The fourth-order valence-electron chi connectivity index (χ4n) is 4.45. The minimum absolute atomic E-state index is 0.139. The molecule has 10 heteroatoms. The highest BCUT2D eigenvalue weighted by atomic mass is 32.1. The lowest BCUT2D eigenvalue weighted by Gasteiger charge is -2.21. The van der Waals surface area contributed by atoms with Gasteiger partial charge in [0, 0.05) is 20.8 Å². The van der Waals surface area contributed by atoms with Gasteiger partial charge in [0.1, 0.15) is 23.7 Å². The summed E-state index contributed by atoms with van der Waals surface area (Å²) in [6.45, 7) is 12.7. The van der Waals surface area contributed by atoms with Gasteiger partial charge in [-0.2, -0.15) is 0 Å². The Morgan fingerprint density at radius 2 is 1.76 bits per heavy atom. The fraction of sp³-hybridized carbons (Fsp3) is 0.516. The zero-order valence-electron chi connectivity index (χ0n) is 25.5. The number of nitrogens with zero attached hydrogens (tertiary/aromatic N) is 1. The van der Waals surface area contributed by atoms with Crippen LogP contribution >= 0.6 is 11.3 Å². The zero-order chi connectivity index (χ0) is 30.5. The summed E-state index contributed by atoms with van der Waals surface area (Å²) in [6.07, 6.45) is 2.59. The summed E-state index contributed by atoms with van der Waals surface area (Å²) in [5.41, 5.74) is 6.98. The Kier molecular flexibility index (Phi) is 14.0. The van der Waals surface area contributed by atoms with Crippen molar-refractivity contribution >= 4 is 39.1 Å². The molecular weight excluding hydrogens is 542 g/mol. The van der Waals surface area contributed by atoms with Gasteiger partial charge in [-0.05, 0) is 61.4 Å². The summed E-state index contributed by atoms with van der Waals surface area (Å²) in [5.74, 6) is 2.15. The average molecular weight is 588 g/mol. The molecule has 9 nitrogen and oxygen atoms in total. The molecule has 0 radical (unpaired) electrons. The van der Waals surface area contributed by atoms with Crippen molar-refractivity contribution in [3.63, 3.8) is 0 Å². The third-order valence-electron chi connectivity index (χ3n) is 6.97. The Morgan fingerprint density at radius 1 is 1.02 bits per heavy atom. The lowest BCUT2D eigenvalue weighted by atomic mass is 9.86. The zero-order valence-corrected chi connectivity index (χ0v) is 26.4. The van der Waals surface area contributed by atoms with Gasteiger partial charge < -0.3 is 30.0 Å². The number of primary amides is 1. The van der Waals surface area contributed by atoms with Crippen LogP contribution in [-0.4, -0.2) is 57.9 Å². The Hall–Kier alpha value is -3.21. The van der Waals surface area contributed by atoms with Crippen LogP contribution in [0.1, 0.15) is 66.3 Å². The van der Waals surface area contributed by atoms with Crippen LogP contribution in [-0.2, 0) is 9.47 Å². The van der Waals surface area contributed by atoms with E-state index in [1.807, 2.05) is 6.92 Å². The van der Waals surface area contributed by atoms with Crippen molar-refractivity contribution in [2.24, 2.45) is 23.5 Å². The molecule has 0 saturated heterocycles. The van der Waals surface area contributed by atoms with Crippen molar-refractivity contribution < 1.29 is 28.5 Å². The van der Waals surface area contributed by atoms with Crippen LogP contribution in [0.3, 0.4) is 0 Å². The number of ether oxygens (including phenoxy) is 4. The normalized spacial score (nSPS) is 13.1. The largest absolute Gasteiger partial charge is 0.496 e. The average Bonchev–Trinajstić information content (AvgIpc) is 3.33. The number of nitrogens with two attached hydrogens (primary N) is 1. The summed E-state index contributed by atoms with van der Waals surface area (Å²) in [7, 11) is 4.84. The molecule has 0 aliphatic rings. The Morgan fingerprint density at radius 3 is 2.37 bits per heavy atom. The van der Waals surface area contributed by atoms with E-state index < -0.39 is 11.8 Å². The first-order valence-corrected chi connectivity index (χ1v) is 14.7. The number of methoxy groups -OCH3 is 3. The maximum absolute atomic E-state index is 13.1. The molecule has 0 aliphatic heterocycles. The van der Waals surface area contributed by atoms with Gasteiger partial charge >= 0.3 is 0 Å². The second-order valence-corrected chi connectivity index (χ2v) is 11.5. The highest BCUT2D eigenvalue weighted by molar-refractivity contribution is 7.19. The monoisotopic (exact) mass is 587 g/mol. The summed E-state index contributed by atoms with van der Waals surface area (Å²) in [4.78, 5) is 29.4. The quantitative estimate of drug-likeness (QED) is 0.211. The summed E-state index contributed by atoms with van der Waals surface area (Å²) < 4.78 is 21.6. The van der Waals surface area contributed by atoms with E-state index >= 15 is 0 Å². The van der Waals surface area contributed by atoms with Gasteiger partial charge in [-0.3, -0.25) is 9.59 Å². The molecule has 3 rings (SSSR count). The van der Waals surface area contributed by atoms with Crippen LogP contribution in [0.25, 0.3) is 10.2 Å². The van der Waals surface area contributed by atoms with Gasteiger partial charge in [0.05, 0.1) is 40.2 Å². The summed E-state index contributed by atoms with van der Waals surface area (Å²) in [5, 5.41) is 3.59. The van der Waals surface area contributed by atoms with E-state index in [2.05, 4.69) is 38.0 Å². The van der Waals surface area contributed by atoms with Crippen molar-refractivity contribution in [3.8, 4) is 11.5 Å². The third-order valence-corrected chi connectivity index (χ3v) is 7.98. The number of benzene rings is 2. The van der Waals surface area contributed by atoms with E-state index in [1.54, 1.807) is 38.5 Å². The second-order valence-electron chi connectivity index (χ2n) is 10.3. The molecule has 2 amide bonds. The molecule has 41 heavy (non-hydrogen) atoms. The maximum atomic E-state index is 13.1. The molecule has 1 heterocycles. The van der Waals surface area contributed by atoms with E-state index in [9.17, 15) is 9.59 Å². The van der Waals surface area contributed by atoms with Crippen LogP contribution in [0.15, 0.2) is 30.3 Å². The fourth-order valence-corrected chi connectivity index (χ4v) is 5.40. The number of fused-ring (bicyclic) bond motifs is 1. The van der Waals surface area contributed by atoms with Crippen molar-refractivity contribution in [3.05, 3.63) is 46.5 Å². The molecule has 2 aromatic carbocycles. The van der Waals surface area contributed by atoms with Crippen molar-refractivity contribution in [1.82, 2.24) is 4.98 Å². The minimum atomic E-state index is -0.684. The predicted molar refractivity (Wildman–Crippen MR) is 165 cm³/mol. The number of anilines is 1. The lowest BCUT2D eigenvalue weighted by Crippen LogP contribution is -2.19. The number of nitrogens with one attached hydrogen (secondary N) is 1. The number of hydrogen-bond donors (Lipinski definition) is 2. The number of rotatable bonds is 14. The molecule has 1 aromatic heterocycles. The number of carbonyl (C=O) groups excluding carboxylic acids is 2. The third kappa shape index (κ3) is 9.98. The second kappa shape index (κ2) is 16.9. The van der Waals surface area contributed by atoms with Crippen molar-refractivity contribution in [1.29, 1.82) is 0 Å². The maximum Gasteiger partial charge on any atom is 0.260 e. The highest BCUT2D eigenvalue weighted by Crippen LogP contribution is 2.33. The number of carbonyl (C=O) groups is 2. The van der Waals surface area contributed by atoms with Crippen LogP contribution in [0.5, 0.6) is 11.5 Å². The molecule has 226 valence electrons.